The van der Waals surface area contributed by atoms with Crippen molar-refractivity contribution in [2.24, 2.45) is 5.73 Å². The van der Waals surface area contributed by atoms with E-state index in [1.54, 1.807) is 6.20 Å². The van der Waals surface area contributed by atoms with Gasteiger partial charge >= 0.3 is 0 Å². The van der Waals surface area contributed by atoms with Gasteiger partial charge in [-0.15, -0.1) is 0 Å². The molecule has 4 nitrogen and oxygen atoms in total. The molecular formula is C12H17N3OS. The molecule has 1 fully saturated rings. The summed E-state index contributed by atoms with van der Waals surface area (Å²) in [5.74, 6) is 0.492. The molecule has 0 unspecified atom stereocenters. The fourth-order valence-corrected chi connectivity index (χ4v) is 2.41. The SMILES string of the molecule is C[C@H](N)c1cccnc1SCC(=O)NC1CC1. The lowest BCUT2D eigenvalue weighted by Gasteiger charge is -2.10. The predicted octanol–water partition coefficient (Wildman–Crippen LogP) is 1.47. The maximum Gasteiger partial charge on any atom is 0.230 e. The second kappa shape index (κ2) is 5.51. The number of nitrogens with two attached hydrogens (primary N) is 1. The van der Waals surface area contributed by atoms with Gasteiger partial charge in [0.1, 0.15) is 5.03 Å². The molecule has 0 aromatic carbocycles. The summed E-state index contributed by atoms with van der Waals surface area (Å²) in [7, 11) is 0. The predicted molar refractivity (Wildman–Crippen MR) is 68.7 cm³/mol. The minimum atomic E-state index is -0.0577. The summed E-state index contributed by atoms with van der Waals surface area (Å²) in [6.45, 7) is 1.92. The van der Waals surface area contributed by atoms with Crippen LogP contribution in [0.5, 0.6) is 0 Å². The van der Waals surface area contributed by atoms with Crippen molar-refractivity contribution in [1.29, 1.82) is 0 Å². The number of carbonyl (C=O) groups excluding carboxylic acids is 1. The lowest BCUT2D eigenvalue weighted by Crippen LogP contribution is -2.27. The van der Waals surface area contributed by atoms with Crippen LogP contribution >= 0.6 is 11.8 Å². The fraction of sp³-hybridized carbons (Fsp3) is 0.500. The first-order chi connectivity index (χ1) is 8.16. The molecule has 0 spiro atoms. The van der Waals surface area contributed by atoms with E-state index in [1.165, 1.54) is 11.8 Å². The molecule has 1 aliphatic rings. The number of rotatable bonds is 5. The normalized spacial score (nSPS) is 16.6. The number of nitrogens with zero attached hydrogens (tertiary/aromatic N) is 1. The smallest absolute Gasteiger partial charge is 0.230 e. The van der Waals surface area contributed by atoms with Crippen LogP contribution in [0.15, 0.2) is 23.4 Å². The Bertz CT molecular complexity index is 404. The van der Waals surface area contributed by atoms with Gasteiger partial charge in [0.15, 0.2) is 0 Å². The Morgan fingerprint density at radius 3 is 3.12 bits per heavy atom. The molecule has 1 aromatic heterocycles. The molecule has 1 heterocycles. The maximum atomic E-state index is 11.6. The summed E-state index contributed by atoms with van der Waals surface area (Å²) in [5.41, 5.74) is 6.85. The zero-order valence-electron chi connectivity index (χ0n) is 9.85. The number of carbonyl (C=O) groups is 1. The number of pyridine rings is 1. The number of amides is 1. The van der Waals surface area contributed by atoms with Crippen molar-refractivity contribution in [3.63, 3.8) is 0 Å². The van der Waals surface area contributed by atoms with Crippen molar-refractivity contribution in [2.45, 2.75) is 36.9 Å². The minimum absolute atomic E-state index is 0.0577. The van der Waals surface area contributed by atoms with Gasteiger partial charge in [-0.3, -0.25) is 4.79 Å². The van der Waals surface area contributed by atoms with Crippen LogP contribution in [0.3, 0.4) is 0 Å². The van der Waals surface area contributed by atoms with Gasteiger partial charge in [-0.1, -0.05) is 17.8 Å². The lowest BCUT2D eigenvalue weighted by molar-refractivity contribution is -0.118. The van der Waals surface area contributed by atoms with Crippen LogP contribution in [0.2, 0.25) is 0 Å². The summed E-state index contributed by atoms with van der Waals surface area (Å²) in [5, 5.41) is 3.81. The Hall–Kier alpha value is -1.07. The summed E-state index contributed by atoms with van der Waals surface area (Å²) in [6.07, 6.45) is 3.96. The van der Waals surface area contributed by atoms with E-state index in [9.17, 15) is 4.79 Å². The van der Waals surface area contributed by atoms with Gasteiger partial charge in [-0.25, -0.2) is 4.98 Å². The first-order valence-corrected chi connectivity index (χ1v) is 6.78. The average Bonchev–Trinajstić information content (AvgIpc) is 3.10. The molecule has 0 aliphatic heterocycles. The van der Waals surface area contributed by atoms with Gasteiger partial charge in [0.05, 0.1) is 5.75 Å². The zero-order valence-corrected chi connectivity index (χ0v) is 10.7. The molecule has 1 aromatic rings. The van der Waals surface area contributed by atoms with Crippen LogP contribution in [-0.2, 0) is 4.79 Å². The van der Waals surface area contributed by atoms with E-state index in [4.69, 9.17) is 5.73 Å². The van der Waals surface area contributed by atoms with Crippen LogP contribution in [0.4, 0.5) is 0 Å². The van der Waals surface area contributed by atoms with Crippen LogP contribution in [0.25, 0.3) is 0 Å². The summed E-state index contributed by atoms with van der Waals surface area (Å²) >= 11 is 1.45. The Balaban J connectivity index is 1.90. The monoisotopic (exact) mass is 251 g/mol. The first-order valence-electron chi connectivity index (χ1n) is 5.79. The highest BCUT2D eigenvalue weighted by Crippen LogP contribution is 2.24. The third-order valence-electron chi connectivity index (χ3n) is 2.57. The van der Waals surface area contributed by atoms with Crippen molar-refractivity contribution in [1.82, 2.24) is 10.3 Å². The van der Waals surface area contributed by atoms with E-state index >= 15 is 0 Å². The van der Waals surface area contributed by atoms with Gasteiger partial charge in [0, 0.05) is 23.8 Å². The third kappa shape index (κ3) is 3.71. The molecule has 17 heavy (non-hydrogen) atoms. The van der Waals surface area contributed by atoms with E-state index in [-0.39, 0.29) is 11.9 Å². The Kier molecular flexibility index (Phi) is 4.02. The van der Waals surface area contributed by atoms with Crippen molar-refractivity contribution in [2.75, 3.05) is 5.75 Å². The van der Waals surface area contributed by atoms with Crippen LogP contribution in [0, 0.1) is 0 Å². The standard InChI is InChI=1S/C12H17N3OS/c1-8(13)10-3-2-6-14-12(10)17-7-11(16)15-9-4-5-9/h2-3,6,8-9H,4-5,7,13H2,1H3,(H,15,16)/t8-/m0/s1. The van der Waals surface area contributed by atoms with Gasteiger partial charge in [0.25, 0.3) is 0 Å². The highest BCUT2D eigenvalue weighted by Gasteiger charge is 2.23. The number of hydrogen-bond acceptors (Lipinski definition) is 4. The van der Waals surface area contributed by atoms with Crippen molar-refractivity contribution in [3.8, 4) is 0 Å². The lowest BCUT2D eigenvalue weighted by atomic mass is 10.2. The van der Waals surface area contributed by atoms with Gasteiger partial charge in [-0.2, -0.15) is 0 Å². The molecular weight excluding hydrogens is 234 g/mol. The highest BCUT2D eigenvalue weighted by molar-refractivity contribution is 7.99. The second-order valence-electron chi connectivity index (χ2n) is 4.32. The largest absolute Gasteiger partial charge is 0.353 e. The average molecular weight is 251 g/mol. The van der Waals surface area contributed by atoms with E-state index in [2.05, 4.69) is 10.3 Å². The quantitative estimate of drug-likeness (QED) is 0.778. The molecule has 0 bridgehead atoms. The number of aromatic nitrogens is 1. The van der Waals surface area contributed by atoms with E-state index in [1.807, 2.05) is 19.1 Å². The Morgan fingerprint density at radius 2 is 2.47 bits per heavy atom. The number of thioether (sulfide) groups is 1. The molecule has 92 valence electrons. The van der Waals surface area contributed by atoms with Crippen LogP contribution in [-0.4, -0.2) is 22.7 Å². The molecule has 1 aliphatic carbocycles. The molecule has 1 saturated carbocycles. The third-order valence-corrected chi connectivity index (χ3v) is 3.59. The summed E-state index contributed by atoms with van der Waals surface area (Å²) < 4.78 is 0. The van der Waals surface area contributed by atoms with Crippen LogP contribution in [0.1, 0.15) is 31.4 Å². The maximum absolute atomic E-state index is 11.6. The van der Waals surface area contributed by atoms with Crippen LogP contribution < -0.4 is 11.1 Å². The molecule has 0 saturated heterocycles. The van der Waals surface area contributed by atoms with Gasteiger partial charge < -0.3 is 11.1 Å². The fourth-order valence-electron chi connectivity index (χ4n) is 1.50. The topological polar surface area (TPSA) is 68.0 Å². The summed E-state index contributed by atoms with van der Waals surface area (Å²) in [6, 6.07) is 4.18. The minimum Gasteiger partial charge on any atom is -0.353 e. The number of hydrogen-bond donors (Lipinski definition) is 2. The first kappa shape index (κ1) is 12.4. The van der Waals surface area contributed by atoms with Crippen molar-refractivity contribution >= 4 is 17.7 Å². The second-order valence-corrected chi connectivity index (χ2v) is 5.28. The van der Waals surface area contributed by atoms with Gasteiger partial charge in [-0.05, 0) is 25.8 Å². The molecule has 5 heteroatoms. The van der Waals surface area contributed by atoms with E-state index in [0.29, 0.717) is 11.8 Å². The van der Waals surface area contributed by atoms with Gasteiger partial charge in [0.2, 0.25) is 5.91 Å². The van der Waals surface area contributed by atoms with Crippen molar-refractivity contribution in [3.05, 3.63) is 23.9 Å². The van der Waals surface area contributed by atoms with Crippen molar-refractivity contribution < 1.29 is 4.79 Å². The molecule has 2 rings (SSSR count). The summed E-state index contributed by atoms with van der Waals surface area (Å²) in [4.78, 5) is 15.8. The molecule has 1 atom stereocenters. The Labute approximate surface area is 105 Å². The molecule has 1 amide bonds. The zero-order chi connectivity index (χ0) is 12.3. The molecule has 0 radical (unpaired) electrons. The van der Waals surface area contributed by atoms with E-state index in [0.717, 1.165) is 23.4 Å². The highest BCUT2D eigenvalue weighted by atomic mass is 32.2. The molecule has 3 N–H and O–H groups in total. The Morgan fingerprint density at radius 1 is 1.71 bits per heavy atom. The van der Waals surface area contributed by atoms with E-state index < -0.39 is 0 Å². The number of nitrogens with one attached hydrogen (secondary N) is 1.